The highest BCUT2D eigenvalue weighted by Crippen LogP contribution is 2.36. The molecule has 2 heterocycles. The largest absolute Gasteiger partial charge is 0.493 e. The Balaban J connectivity index is 0.00000300. The molecule has 1 aliphatic heterocycles. The van der Waals surface area contributed by atoms with E-state index < -0.39 is 0 Å². The molecule has 0 unspecified atom stereocenters. The maximum absolute atomic E-state index is 6.45. The smallest absolute Gasteiger partial charge is 0.180 e. The van der Waals surface area contributed by atoms with Crippen LogP contribution in [-0.4, -0.2) is 56.4 Å². The topological polar surface area (TPSA) is 55.9 Å². The third kappa shape index (κ3) is 10.00. The summed E-state index contributed by atoms with van der Waals surface area (Å²) in [6.07, 6.45) is 4.62. The van der Waals surface area contributed by atoms with Crippen LogP contribution in [0.15, 0.2) is 36.7 Å². The molecule has 0 spiro atoms. The summed E-state index contributed by atoms with van der Waals surface area (Å²) in [6.45, 7) is 6.95. The van der Waals surface area contributed by atoms with Crippen LogP contribution in [0.3, 0.4) is 0 Å². The van der Waals surface area contributed by atoms with E-state index in [1.165, 1.54) is 0 Å². The first-order valence-corrected chi connectivity index (χ1v) is 10.0. The number of pyridine rings is 1. The Morgan fingerprint density at radius 3 is 2.61 bits per heavy atom. The highest BCUT2D eigenvalue weighted by atomic mass is 35.5. The Hall–Kier alpha value is -0.990. The van der Waals surface area contributed by atoms with Crippen LogP contribution in [0.5, 0.6) is 11.5 Å². The molecule has 31 heavy (non-hydrogen) atoms. The van der Waals surface area contributed by atoms with Crippen LogP contribution in [-0.2, 0) is 17.9 Å². The van der Waals surface area contributed by atoms with Gasteiger partial charge in [0.2, 0.25) is 0 Å². The summed E-state index contributed by atoms with van der Waals surface area (Å²) in [5.41, 5.74) is 2.05. The van der Waals surface area contributed by atoms with Crippen molar-refractivity contribution in [3.8, 4) is 11.5 Å². The average molecular weight is 515 g/mol. The number of methoxy groups -OCH3 is 1. The molecule has 1 saturated heterocycles. The summed E-state index contributed by atoms with van der Waals surface area (Å²) in [5, 5.41) is 4.03. The Labute approximate surface area is 208 Å². The molecule has 2 aromatic rings. The molecule has 176 valence electrons. The lowest BCUT2D eigenvalue weighted by molar-refractivity contribution is 0.0374. The Morgan fingerprint density at radius 1 is 1.16 bits per heavy atom. The second kappa shape index (κ2) is 16.6. The van der Waals surface area contributed by atoms with Crippen LogP contribution in [0.2, 0.25) is 5.02 Å². The van der Waals surface area contributed by atoms with Crippen LogP contribution in [0.4, 0.5) is 0 Å². The van der Waals surface area contributed by atoms with E-state index >= 15 is 0 Å². The number of nitrogens with zero attached hydrogens (tertiary/aromatic N) is 2. The molecule has 3 rings (SSSR count). The number of hydrogen-bond donors (Lipinski definition) is 1. The standard InChI is InChI=1S/C21H28ClN3O3.3ClH/c1-26-20-13-18(15-24-6-3-7-25-8-10-27-11-9-25)12-19(22)21(20)28-16-17-4-2-5-23-14-17;;;/h2,4-5,12-14,24H,3,6-11,15-16H2,1H3;3*1H. The van der Waals surface area contributed by atoms with Gasteiger partial charge in [-0.15, -0.1) is 37.2 Å². The predicted molar refractivity (Wildman–Crippen MR) is 132 cm³/mol. The zero-order chi connectivity index (χ0) is 19.6. The minimum absolute atomic E-state index is 0. The number of nitrogens with one attached hydrogen (secondary N) is 1. The van der Waals surface area contributed by atoms with Crippen molar-refractivity contribution >= 4 is 48.8 Å². The van der Waals surface area contributed by atoms with Crippen molar-refractivity contribution in [2.75, 3.05) is 46.5 Å². The van der Waals surface area contributed by atoms with Gasteiger partial charge in [-0.3, -0.25) is 9.88 Å². The van der Waals surface area contributed by atoms with Crippen LogP contribution < -0.4 is 14.8 Å². The molecule has 1 aromatic heterocycles. The number of hydrogen-bond acceptors (Lipinski definition) is 6. The molecule has 0 bridgehead atoms. The summed E-state index contributed by atoms with van der Waals surface area (Å²) in [6, 6.07) is 7.74. The number of aromatic nitrogens is 1. The van der Waals surface area contributed by atoms with Crippen molar-refractivity contribution in [1.82, 2.24) is 15.2 Å². The molecule has 1 aromatic carbocycles. The average Bonchev–Trinajstić information content (AvgIpc) is 2.74. The van der Waals surface area contributed by atoms with Crippen LogP contribution in [0.1, 0.15) is 17.5 Å². The first kappa shape index (κ1) is 30.0. The van der Waals surface area contributed by atoms with Gasteiger partial charge in [0.1, 0.15) is 6.61 Å². The van der Waals surface area contributed by atoms with E-state index in [9.17, 15) is 0 Å². The van der Waals surface area contributed by atoms with Gasteiger partial charge >= 0.3 is 0 Å². The first-order valence-electron chi connectivity index (χ1n) is 9.65. The Morgan fingerprint density at radius 2 is 1.94 bits per heavy atom. The predicted octanol–water partition coefficient (Wildman–Crippen LogP) is 4.40. The molecule has 0 amide bonds. The third-order valence-corrected chi connectivity index (χ3v) is 4.94. The molecule has 6 nitrogen and oxygen atoms in total. The van der Waals surface area contributed by atoms with E-state index in [4.69, 9.17) is 25.8 Å². The van der Waals surface area contributed by atoms with Crippen LogP contribution in [0.25, 0.3) is 0 Å². The van der Waals surface area contributed by atoms with Gasteiger partial charge in [-0.05, 0) is 43.3 Å². The summed E-state index contributed by atoms with van der Waals surface area (Å²) in [7, 11) is 1.63. The van der Waals surface area contributed by atoms with Gasteiger partial charge in [0.05, 0.1) is 25.3 Å². The van der Waals surface area contributed by atoms with Crippen molar-refractivity contribution in [2.45, 2.75) is 19.6 Å². The van der Waals surface area contributed by atoms with E-state index in [1.54, 1.807) is 19.5 Å². The SMILES string of the molecule is COc1cc(CNCCCN2CCOCC2)cc(Cl)c1OCc1cccnc1.Cl.Cl.Cl. The highest BCUT2D eigenvalue weighted by Gasteiger charge is 2.13. The second-order valence-corrected chi connectivity index (χ2v) is 7.15. The summed E-state index contributed by atoms with van der Waals surface area (Å²) < 4.78 is 16.7. The Kier molecular flexibility index (Phi) is 16.1. The van der Waals surface area contributed by atoms with Gasteiger partial charge < -0.3 is 19.5 Å². The summed E-state index contributed by atoms with van der Waals surface area (Å²) in [4.78, 5) is 6.54. The summed E-state index contributed by atoms with van der Waals surface area (Å²) >= 11 is 6.45. The molecular formula is C21H31Cl4N3O3. The van der Waals surface area contributed by atoms with Crippen molar-refractivity contribution in [1.29, 1.82) is 0 Å². The molecule has 0 atom stereocenters. The minimum Gasteiger partial charge on any atom is -0.493 e. The molecule has 0 saturated carbocycles. The lowest BCUT2D eigenvalue weighted by Gasteiger charge is -2.26. The molecular weight excluding hydrogens is 484 g/mol. The zero-order valence-electron chi connectivity index (χ0n) is 17.5. The lowest BCUT2D eigenvalue weighted by Crippen LogP contribution is -2.37. The molecule has 0 aliphatic carbocycles. The molecule has 10 heteroatoms. The first-order chi connectivity index (χ1) is 13.8. The molecule has 1 fully saturated rings. The van der Waals surface area contributed by atoms with Crippen molar-refractivity contribution < 1.29 is 14.2 Å². The maximum atomic E-state index is 6.45. The zero-order valence-corrected chi connectivity index (χ0v) is 20.8. The van der Waals surface area contributed by atoms with Gasteiger partial charge in [-0.2, -0.15) is 0 Å². The van der Waals surface area contributed by atoms with Crippen molar-refractivity contribution in [2.24, 2.45) is 0 Å². The molecule has 1 aliphatic rings. The number of rotatable bonds is 10. The Bertz CT molecular complexity index is 735. The van der Waals surface area contributed by atoms with E-state index in [2.05, 4.69) is 15.2 Å². The van der Waals surface area contributed by atoms with Crippen LogP contribution in [0, 0.1) is 0 Å². The van der Waals surface area contributed by atoms with E-state index in [0.29, 0.717) is 23.1 Å². The molecule has 1 N–H and O–H groups in total. The van der Waals surface area contributed by atoms with E-state index in [0.717, 1.165) is 63.5 Å². The van der Waals surface area contributed by atoms with Gasteiger partial charge in [0, 0.05) is 37.6 Å². The molecule has 0 radical (unpaired) electrons. The number of benzene rings is 1. The third-order valence-electron chi connectivity index (χ3n) is 4.66. The normalized spacial score (nSPS) is 13.4. The highest BCUT2D eigenvalue weighted by molar-refractivity contribution is 6.32. The van der Waals surface area contributed by atoms with Crippen LogP contribution >= 0.6 is 48.8 Å². The minimum atomic E-state index is 0. The fraction of sp³-hybridized carbons (Fsp3) is 0.476. The van der Waals surface area contributed by atoms with Gasteiger partial charge in [0.25, 0.3) is 0 Å². The quantitative estimate of drug-likeness (QED) is 0.474. The fourth-order valence-electron chi connectivity index (χ4n) is 3.14. The number of morpholine rings is 1. The van der Waals surface area contributed by atoms with Crippen molar-refractivity contribution in [3.63, 3.8) is 0 Å². The maximum Gasteiger partial charge on any atom is 0.180 e. The summed E-state index contributed by atoms with van der Waals surface area (Å²) in [5.74, 6) is 1.20. The van der Waals surface area contributed by atoms with Gasteiger partial charge in [-0.25, -0.2) is 0 Å². The lowest BCUT2D eigenvalue weighted by atomic mass is 10.2. The van der Waals surface area contributed by atoms with Gasteiger partial charge in [0.15, 0.2) is 11.5 Å². The van der Waals surface area contributed by atoms with Gasteiger partial charge in [-0.1, -0.05) is 17.7 Å². The van der Waals surface area contributed by atoms with E-state index in [1.807, 2.05) is 24.3 Å². The van der Waals surface area contributed by atoms with Crippen molar-refractivity contribution in [3.05, 3.63) is 52.8 Å². The monoisotopic (exact) mass is 513 g/mol. The number of halogens is 4. The van der Waals surface area contributed by atoms with E-state index in [-0.39, 0.29) is 37.2 Å². The fourth-order valence-corrected chi connectivity index (χ4v) is 3.43. The second-order valence-electron chi connectivity index (χ2n) is 6.74. The number of ether oxygens (including phenoxy) is 3.